The first-order valence-electron chi connectivity index (χ1n) is 5.72. The third-order valence-electron chi connectivity index (χ3n) is 2.42. The zero-order chi connectivity index (χ0) is 14.5. The minimum atomic E-state index is -0.639. The minimum Gasteiger partial charge on any atom is -0.401 e. The van der Waals surface area contributed by atoms with Crippen molar-refractivity contribution in [3.63, 3.8) is 0 Å². The Morgan fingerprint density at radius 1 is 1.60 bits per heavy atom. The van der Waals surface area contributed by atoms with Crippen molar-refractivity contribution in [1.29, 1.82) is 0 Å². The molecule has 0 aromatic carbocycles. The Morgan fingerprint density at radius 3 is 3.00 bits per heavy atom. The first-order chi connectivity index (χ1) is 9.54. The van der Waals surface area contributed by atoms with Gasteiger partial charge in [-0.05, 0) is 12.1 Å². The molecule has 20 heavy (non-hydrogen) atoms. The average Bonchev–Trinajstić information content (AvgIpc) is 3.03. The number of aryl methyl sites for hydroxylation is 1. The van der Waals surface area contributed by atoms with Gasteiger partial charge in [0.05, 0.1) is 12.3 Å². The van der Waals surface area contributed by atoms with E-state index in [4.69, 9.17) is 4.42 Å². The number of amides is 1. The van der Waals surface area contributed by atoms with Gasteiger partial charge in [0.1, 0.15) is 10.7 Å². The van der Waals surface area contributed by atoms with Gasteiger partial charge in [-0.15, -0.1) is 0 Å². The van der Waals surface area contributed by atoms with Gasteiger partial charge in [0.25, 0.3) is 0 Å². The summed E-state index contributed by atoms with van der Waals surface area (Å²) in [5.41, 5.74) is 0.878. The molecule has 2 rings (SSSR count). The first kappa shape index (κ1) is 13.5. The zero-order valence-corrected chi connectivity index (χ0v) is 10.6. The van der Waals surface area contributed by atoms with Crippen molar-refractivity contribution in [3.8, 4) is 0 Å². The molecule has 0 aliphatic rings. The molecule has 0 aliphatic heterocycles. The van der Waals surface area contributed by atoms with Crippen molar-refractivity contribution in [2.75, 3.05) is 0 Å². The summed E-state index contributed by atoms with van der Waals surface area (Å²) in [6.45, 7) is 0.356. The molecule has 2 aromatic heterocycles. The molecule has 0 spiro atoms. The van der Waals surface area contributed by atoms with Crippen LogP contribution in [0.3, 0.4) is 0 Å². The van der Waals surface area contributed by atoms with Gasteiger partial charge in [0, 0.05) is 31.4 Å². The molecule has 0 saturated carbocycles. The van der Waals surface area contributed by atoms with Crippen molar-refractivity contribution in [3.05, 3.63) is 52.0 Å². The number of hydrogen-bond donors (Lipinski definition) is 1. The minimum absolute atomic E-state index is 0.244. The van der Waals surface area contributed by atoms with Crippen LogP contribution in [0.15, 0.2) is 35.0 Å². The summed E-state index contributed by atoms with van der Waals surface area (Å²) in [7, 11) is 1.79. The van der Waals surface area contributed by atoms with E-state index in [1.807, 2.05) is 0 Å². The number of nitrogens with zero attached hydrogens (tertiary/aromatic N) is 3. The van der Waals surface area contributed by atoms with E-state index in [1.54, 1.807) is 24.1 Å². The molecule has 0 fully saturated rings. The van der Waals surface area contributed by atoms with E-state index in [-0.39, 0.29) is 17.6 Å². The van der Waals surface area contributed by atoms with Crippen molar-refractivity contribution in [2.24, 2.45) is 7.05 Å². The highest BCUT2D eigenvalue weighted by atomic mass is 16.6. The maximum Gasteiger partial charge on any atom is 0.433 e. The topological polar surface area (TPSA) is 103 Å². The molecule has 0 saturated heterocycles. The third kappa shape index (κ3) is 3.55. The summed E-state index contributed by atoms with van der Waals surface area (Å²) >= 11 is 0. The third-order valence-corrected chi connectivity index (χ3v) is 2.42. The molecule has 2 heterocycles. The van der Waals surface area contributed by atoms with Crippen LogP contribution in [-0.2, 0) is 18.4 Å². The summed E-state index contributed by atoms with van der Waals surface area (Å²) in [5, 5.41) is 17.0. The lowest BCUT2D eigenvalue weighted by atomic mass is 10.3. The molecule has 0 radical (unpaired) electrons. The molecule has 0 unspecified atom stereocenters. The van der Waals surface area contributed by atoms with Crippen molar-refractivity contribution in [2.45, 2.75) is 6.54 Å². The van der Waals surface area contributed by atoms with Crippen LogP contribution < -0.4 is 5.32 Å². The van der Waals surface area contributed by atoms with Crippen molar-refractivity contribution < 1.29 is 14.1 Å². The van der Waals surface area contributed by atoms with Crippen LogP contribution >= 0.6 is 0 Å². The summed E-state index contributed by atoms with van der Waals surface area (Å²) in [5.74, 6) is -0.443. The maximum absolute atomic E-state index is 11.5. The number of hydrogen-bond acceptors (Lipinski definition) is 5. The van der Waals surface area contributed by atoms with E-state index < -0.39 is 4.92 Å². The van der Waals surface area contributed by atoms with Gasteiger partial charge in [-0.1, -0.05) is 0 Å². The van der Waals surface area contributed by atoms with E-state index in [0.717, 1.165) is 5.56 Å². The number of nitrogens with one attached hydrogen (secondary N) is 1. The average molecular weight is 276 g/mol. The first-order valence-corrected chi connectivity index (χ1v) is 5.72. The zero-order valence-electron chi connectivity index (χ0n) is 10.6. The lowest BCUT2D eigenvalue weighted by Gasteiger charge is -1.97. The lowest BCUT2D eigenvalue weighted by Crippen LogP contribution is -2.19. The molecular weight excluding hydrogens is 264 g/mol. The van der Waals surface area contributed by atoms with Crippen molar-refractivity contribution >= 4 is 17.9 Å². The van der Waals surface area contributed by atoms with E-state index in [9.17, 15) is 14.9 Å². The Bertz CT molecular complexity index is 656. The molecule has 1 N–H and O–H groups in total. The molecule has 1 amide bonds. The smallest absolute Gasteiger partial charge is 0.401 e. The highest BCUT2D eigenvalue weighted by Crippen LogP contribution is 2.16. The predicted molar refractivity (Wildman–Crippen MR) is 69.5 cm³/mol. The fourth-order valence-corrected chi connectivity index (χ4v) is 1.50. The largest absolute Gasteiger partial charge is 0.433 e. The number of carbonyl (C=O) groups is 1. The molecule has 8 nitrogen and oxygen atoms in total. The Labute approximate surface area is 113 Å². The Morgan fingerprint density at radius 2 is 2.40 bits per heavy atom. The second kappa shape index (κ2) is 5.83. The Hall–Kier alpha value is -2.90. The monoisotopic (exact) mass is 276 g/mol. The summed E-state index contributed by atoms with van der Waals surface area (Å²) in [6, 6.07) is 2.65. The number of furan rings is 1. The molecule has 104 valence electrons. The van der Waals surface area contributed by atoms with Gasteiger partial charge in [0.2, 0.25) is 5.91 Å². The van der Waals surface area contributed by atoms with E-state index >= 15 is 0 Å². The Balaban J connectivity index is 1.87. The number of nitro groups is 1. The fraction of sp³-hybridized carbons (Fsp3) is 0.167. The number of aromatic nitrogens is 2. The second-order valence-corrected chi connectivity index (χ2v) is 4.01. The second-order valence-electron chi connectivity index (χ2n) is 4.01. The fourth-order valence-electron chi connectivity index (χ4n) is 1.50. The van der Waals surface area contributed by atoms with Gasteiger partial charge in [-0.2, -0.15) is 5.10 Å². The molecule has 2 aromatic rings. The Kier molecular flexibility index (Phi) is 3.94. The maximum atomic E-state index is 11.5. The van der Waals surface area contributed by atoms with Gasteiger partial charge in [-0.3, -0.25) is 19.6 Å². The van der Waals surface area contributed by atoms with Crippen LogP contribution in [0.1, 0.15) is 11.3 Å². The van der Waals surface area contributed by atoms with Gasteiger partial charge < -0.3 is 9.73 Å². The predicted octanol–water partition coefficient (Wildman–Crippen LogP) is 1.25. The number of rotatable bonds is 5. The lowest BCUT2D eigenvalue weighted by molar-refractivity contribution is -0.402. The normalized spacial score (nSPS) is 10.8. The summed E-state index contributed by atoms with van der Waals surface area (Å²) in [6.07, 6.45) is 6.06. The standard InChI is InChI=1S/C12H12N4O4/c1-15-8-9(7-14-15)6-13-11(17)4-2-10-3-5-12(20-10)16(18)19/h2-5,7-8H,6H2,1H3,(H,13,17)/b4-2+. The van der Waals surface area contributed by atoms with E-state index in [0.29, 0.717) is 6.54 Å². The molecule has 0 atom stereocenters. The van der Waals surface area contributed by atoms with Crippen LogP contribution in [0.4, 0.5) is 5.88 Å². The molecular formula is C12H12N4O4. The molecule has 8 heteroatoms. The van der Waals surface area contributed by atoms with Crippen molar-refractivity contribution in [1.82, 2.24) is 15.1 Å². The van der Waals surface area contributed by atoms with E-state index in [1.165, 1.54) is 24.3 Å². The molecule has 0 bridgehead atoms. The molecule has 0 aliphatic carbocycles. The van der Waals surface area contributed by atoms with Gasteiger partial charge in [0.15, 0.2) is 0 Å². The quantitative estimate of drug-likeness (QED) is 0.503. The summed E-state index contributed by atoms with van der Waals surface area (Å²) < 4.78 is 6.52. The summed E-state index contributed by atoms with van der Waals surface area (Å²) in [4.78, 5) is 21.3. The van der Waals surface area contributed by atoms with Gasteiger partial charge in [-0.25, -0.2) is 0 Å². The van der Waals surface area contributed by atoms with Crippen LogP contribution in [0.2, 0.25) is 0 Å². The highest BCUT2D eigenvalue weighted by Gasteiger charge is 2.10. The van der Waals surface area contributed by atoms with Gasteiger partial charge >= 0.3 is 5.88 Å². The van der Waals surface area contributed by atoms with Crippen LogP contribution in [0.5, 0.6) is 0 Å². The SMILES string of the molecule is Cn1cc(CNC(=O)/C=C/c2ccc([N+](=O)[O-])o2)cn1. The van der Waals surface area contributed by atoms with Crippen LogP contribution in [0.25, 0.3) is 6.08 Å². The number of carbonyl (C=O) groups excluding carboxylic acids is 1. The highest BCUT2D eigenvalue weighted by molar-refractivity contribution is 5.91. The van der Waals surface area contributed by atoms with Crippen LogP contribution in [-0.4, -0.2) is 20.6 Å². The van der Waals surface area contributed by atoms with Crippen LogP contribution in [0, 0.1) is 10.1 Å². The van der Waals surface area contributed by atoms with E-state index in [2.05, 4.69) is 10.4 Å².